The summed E-state index contributed by atoms with van der Waals surface area (Å²) in [6.45, 7) is 8.15. The summed E-state index contributed by atoms with van der Waals surface area (Å²) in [5.41, 5.74) is 2.87. The number of ether oxygens (including phenoxy) is 2. The lowest BCUT2D eigenvalue weighted by Crippen LogP contribution is -1.99. The van der Waals surface area contributed by atoms with Gasteiger partial charge in [-0.25, -0.2) is 0 Å². The van der Waals surface area contributed by atoms with Crippen LogP contribution in [0.5, 0.6) is 23.0 Å². The van der Waals surface area contributed by atoms with E-state index in [-0.39, 0.29) is 23.1 Å². The van der Waals surface area contributed by atoms with Crippen molar-refractivity contribution in [3.05, 3.63) is 119 Å². The third kappa shape index (κ3) is 19.1. The van der Waals surface area contributed by atoms with Gasteiger partial charge < -0.3 is 9.47 Å². The van der Waals surface area contributed by atoms with E-state index in [4.69, 9.17) is 9.47 Å². The van der Waals surface area contributed by atoms with Crippen molar-refractivity contribution in [3.8, 4) is 23.0 Å². The zero-order valence-electron chi connectivity index (χ0n) is 35.8. The lowest BCUT2D eigenvalue weighted by molar-refractivity contribution is 0.0971. The number of hydrogen-bond donors (Lipinski definition) is 0. The van der Waals surface area contributed by atoms with Crippen LogP contribution in [0.25, 0.3) is 0 Å². The van der Waals surface area contributed by atoms with Crippen LogP contribution in [0.3, 0.4) is 0 Å². The summed E-state index contributed by atoms with van der Waals surface area (Å²) in [4.78, 5) is 48.2. The number of carbonyl (C=O) groups excluding carboxylic acids is 4. The van der Waals surface area contributed by atoms with E-state index in [1.807, 2.05) is 72.8 Å². The van der Waals surface area contributed by atoms with Gasteiger partial charge in [-0.05, 0) is 123 Å². The molecule has 0 aromatic heterocycles. The van der Waals surface area contributed by atoms with E-state index in [1.54, 1.807) is 24.3 Å². The maximum absolute atomic E-state index is 12.3. The van der Waals surface area contributed by atoms with E-state index in [9.17, 15) is 19.2 Å². The number of unbranched alkanes of at least 4 members (excludes halogenated alkanes) is 14. The van der Waals surface area contributed by atoms with Crippen molar-refractivity contribution in [2.75, 3.05) is 0 Å². The molecule has 312 valence electrons. The van der Waals surface area contributed by atoms with Crippen molar-refractivity contribution < 1.29 is 28.7 Å². The first-order chi connectivity index (χ1) is 28.2. The fourth-order valence-corrected chi connectivity index (χ4v) is 6.61. The Bertz CT molecular complexity index is 1690. The molecule has 6 nitrogen and oxygen atoms in total. The third-order valence-corrected chi connectivity index (χ3v) is 10.3. The molecule has 4 aromatic rings. The van der Waals surface area contributed by atoms with Crippen molar-refractivity contribution >= 4 is 23.1 Å². The number of Topliss-reactive ketones (excluding diaryl/α,β-unsaturated/α-hetero) is 4. The summed E-state index contributed by atoms with van der Waals surface area (Å²) < 4.78 is 11.6. The molecule has 0 unspecified atom stereocenters. The second-order valence-electron chi connectivity index (χ2n) is 15.3. The molecule has 0 spiro atoms. The lowest BCUT2D eigenvalue weighted by atomic mass is 10.0. The molecule has 0 fully saturated rings. The van der Waals surface area contributed by atoms with Crippen LogP contribution in [0, 0.1) is 0 Å². The Morgan fingerprint density at radius 1 is 0.328 bits per heavy atom. The van der Waals surface area contributed by atoms with Crippen molar-refractivity contribution in [3.63, 3.8) is 0 Å². The summed E-state index contributed by atoms with van der Waals surface area (Å²) in [7, 11) is 0. The normalized spacial score (nSPS) is 10.7. The lowest BCUT2D eigenvalue weighted by Gasteiger charge is -2.08. The quantitative estimate of drug-likeness (QED) is 0.0421. The third-order valence-electron chi connectivity index (χ3n) is 10.3. The highest BCUT2D eigenvalue weighted by Gasteiger charge is 2.10. The minimum atomic E-state index is 0.0328. The Morgan fingerprint density at radius 2 is 0.552 bits per heavy atom. The molecule has 4 rings (SSSR count). The van der Waals surface area contributed by atoms with Crippen LogP contribution in [-0.2, 0) is 0 Å². The van der Waals surface area contributed by atoms with Gasteiger partial charge in [0.25, 0.3) is 0 Å². The van der Waals surface area contributed by atoms with Crippen LogP contribution in [0.4, 0.5) is 0 Å². The van der Waals surface area contributed by atoms with E-state index in [1.165, 1.54) is 77.6 Å². The largest absolute Gasteiger partial charge is 0.457 e. The molecule has 0 aliphatic rings. The van der Waals surface area contributed by atoms with Gasteiger partial charge in [0.1, 0.15) is 23.0 Å². The maximum Gasteiger partial charge on any atom is 0.162 e. The maximum atomic E-state index is 12.3. The Kier molecular flexibility index (Phi) is 23.4. The summed E-state index contributed by atoms with van der Waals surface area (Å²) in [5, 5.41) is 0. The average molecular weight is 789 g/mol. The van der Waals surface area contributed by atoms with E-state index in [0.29, 0.717) is 47.8 Å². The number of rotatable bonds is 28. The van der Waals surface area contributed by atoms with E-state index in [2.05, 4.69) is 20.8 Å². The van der Waals surface area contributed by atoms with Gasteiger partial charge in [-0.15, -0.1) is 0 Å². The van der Waals surface area contributed by atoms with Gasteiger partial charge in [-0.1, -0.05) is 111 Å². The summed E-state index contributed by atoms with van der Waals surface area (Å²) in [6.07, 6.45) is 21.8. The summed E-state index contributed by atoms with van der Waals surface area (Å²) in [6, 6.07) is 29.0. The highest BCUT2D eigenvalue weighted by molar-refractivity contribution is 5.97. The minimum absolute atomic E-state index is 0.0328. The molecular weight excluding hydrogens is 721 g/mol. The highest BCUT2D eigenvalue weighted by atomic mass is 16.5. The molecular formula is C52H68O6. The molecule has 0 bridgehead atoms. The summed E-state index contributed by atoms with van der Waals surface area (Å²) >= 11 is 0. The van der Waals surface area contributed by atoms with E-state index in [0.717, 1.165) is 55.2 Å². The van der Waals surface area contributed by atoms with Gasteiger partial charge in [0.15, 0.2) is 23.1 Å². The topological polar surface area (TPSA) is 86.7 Å². The van der Waals surface area contributed by atoms with Gasteiger partial charge in [0, 0.05) is 41.5 Å². The molecule has 0 atom stereocenters. The van der Waals surface area contributed by atoms with Crippen LogP contribution in [0.2, 0.25) is 0 Å². The minimum Gasteiger partial charge on any atom is -0.457 e. The molecule has 58 heavy (non-hydrogen) atoms. The monoisotopic (exact) mass is 789 g/mol. The fourth-order valence-electron chi connectivity index (χ4n) is 6.61. The molecule has 0 saturated heterocycles. The summed E-state index contributed by atoms with van der Waals surface area (Å²) in [5.74, 6) is 3.34. The number of hydrogen-bond acceptors (Lipinski definition) is 6. The Labute approximate surface area is 349 Å². The second-order valence-corrected chi connectivity index (χ2v) is 15.3. The highest BCUT2D eigenvalue weighted by Crippen LogP contribution is 2.25. The predicted molar refractivity (Wildman–Crippen MR) is 238 cm³/mol. The van der Waals surface area contributed by atoms with Gasteiger partial charge in [0.05, 0.1) is 0 Å². The van der Waals surface area contributed by atoms with Crippen LogP contribution >= 0.6 is 0 Å². The Hall–Kier alpha value is -4.84. The van der Waals surface area contributed by atoms with Crippen LogP contribution in [0.15, 0.2) is 97.1 Å². The molecule has 4 aromatic carbocycles. The zero-order chi connectivity index (χ0) is 41.8. The zero-order valence-corrected chi connectivity index (χ0v) is 35.8. The molecule has 0 heterocycles. The first-order valence-corrected chi connectivity index (χ1v) is 22.1. The fraction of sp³-hybridized carbons (Fsp3) is 0.462. The molecule has 0 aliphatic heterocycles. The standard InChI is InChI=1S/C28H38O3.C24H30O3/c1-3-5-7-9-11-13-27(29)23-15-19-25(20-16-23)31-26-21-17-24(18-22-26)28(30)14-12-10-8-6-4-2;1-3-4-5-6-7-8-9-10-24(26)21-13-17-23(18-14-21)27-22-15-11-20(12-16-22)19(2)25/h15-22H,3-14H2,1-2H3;11-18H,3-10H2,1-2H3. The van der Waals surface area contributed by atoms with Gasteiger partial charge in [-0.3, -0.25) is 19.2 Å². The molecule has 0 saturated carbocycles. The van der Waals surface area contributed by atoms with Crippen LogP contribution < -0.4 is 9.47 Å². The number of benzene rings is 4. The molecule has 0 amide bonds. The number of ketones is 4. The Balaban J connectivity index is 0.000000313. The molecule has 0 radical (unpaired) electrons. The van der Waals surface area contributed by atoms with Crippen molar-refractivity contribution in [2.45, 2.75) is 156 Å². The van der Waals surface area contributed by atoms with Crippen molar-refractivity contribution in [1.29, 1.82) is 0 Å². The van der Waals surface area contributed by atoms with Crippen molar-refractivity contribution in [1.82, 2.24) is 0 Å². The SMILES string of the molecule is CCCCCCCC(=O)c1ccc(Oc2ccc(C(=O)CCCCCCC)cc2)cc1.CCCCCCCCCC(=O)c1ccc(Oc2ccc(C(C)=O)cc2)cc1. The van der Waals surface area contributed by atoms with Crippen LogP contribution in [-0.4, -0.2) is 23.1 Å². The molecule has 6 heteroatoms. The smallest absolute Gasteiger partial charge is 0.162 e. The average Bonchev–Trinajstić information content (AvgIpc) is 3.24. The number of carbonyl (C=O) groups is 4. The Morgan fingerprint density at radius 3 is 0.793 bits per heavy atom. The van der Waals surface area contributed by atoms with E-state index < -0.39 is 0 Å². The molecule has 0 aliphatic carbocycles. The van der Waals surface area contributed by atoms with E-state index >= 15 is 0 Å². The first kappa shape index (κ1) is 47.5. The van der Waals surface area contributed by atoms with Gasteiger partial charge >= 0.3 is 0 Å². The predicted octanol–water partition coefficient (Wildman–Crippen LogP) is 15.6. The van der Waals surface area contributed by atoms with Crippen LogP contribution in [0.1, 0.15) is 198 Å². The van der Waals surface area contributed by atoms with Crippen molar-refractivity contribution in [2.24, 2.45) is 0 Å². The van der Waals surface area contributed by atoms with Gasteiger partial charge in [-0.2, -0.15) is 0 Å². The second kappa shape index (κ2) is 28.5. The van der Waals surface area contributed by atoms with Gasteiger partial charge in [0.2, 0.25) is 0 Å². The molecule has 0 N–H and O–H groups in total. The first-order valence-electron chi connectivity index (χ1n) is 22.1.